The molecule has 6 heteroatoms. The summed E-state index contributed by atoms with van der Waals surface area (Å²) >= 11 is 0. The summed E-state index contributed by atoms with van der Waals surface area (Å²) in [7, 11) is -4.98. The standard InChI is InChI=1S/C12H26O4SSi/c1-12(2,3)18(5,6)16-11-9-10(11)7-8-15-17(4,13)14/h10-11H,7-9H2,1-6H3. The third kappa shape index (κ3) is 4.99. The Labute approximate surface area is 112 Å². The van der Waals surface area contributed by atoms with Crippen molar-refractivity contribution in [2.75, 3.05) is 12.9 Å². The van der Waals surface area contributed by atoms with Crippen LogP contribution in [0, 0.1) is 5.92 Å². The molecule has 0 aromatic heterocycles. The molecule has 0 aliphatic heterocycles. The molecule has 1 saturated carbocycles. The van der Waals surface area contributed by atoms with Gasteiger partial charge in [0.05, 0.1) is 12.9 Å². The van der Waals surface area contributed by atoms with Crippen LogP contribution in [-0.2, 0) is 18.7 Å². The zero-order chi connectivity index (χ0) is 14.2. The molecule has 2 unspecified atom stereocenters. The van der Waals surface area contributed by atoms with Crippen molar-refractivity contribution in [1.82, 2.24) is 0 Å². The lowest BCUT2D eigenvalue weighted by Gasteiger charge is -2.36. The van der Waals surface area contributed by atoms with Crippen molar-refractivity contribution in [3.8, 4) is 0 Å². The Balaban J connectivity index is 2.30. The normalized spacial score (nSPS) is 25.2. The molecule has 0 saturated heterocycles. The lowest BCUT2D eigenvalue weighted by atomic mass is 10.2. The molecule has 1 fully saturated rings. The molecular weight excluding hydrogens is 268 g/mol. The maximum atomic E-state index is 10.8. The van der Waals surface area contributed by atoms with Crippen LogP contribution in [0.3, 0.4) is 0 Å². The van der Waals surface area contributed by atoms with Gasteiger partial charge in [-0.25, -0.2) is 0 Å². The monoisotopic (exact) mass is 294 g/mol. The molecule has 0 aromatic rings. The molecule has 0 spiro atoms. The average Bonchev–Trinajstić information content (AvgIpc) is 2.77. The van der Waals surface area contributed by atoms with E-state index in [4.69, 9.17) is 8.61 Å². The first-order chi connectivity index (χ1) is 7.92. The van der Waals surface area contributed by atoms with Crippen molar-refractivity contribution in [2.45, 2.75) is 57.8 Å². The van der Waals surface area contributed by atoms with Gasteiger partial charge >= 0.3 is 0 Å². The summed E-state index contributed by atoms with van der Waals surface area (Å²) in [4.78, 5) is 0. The van der Waals surface area contributed by atoms with E-state index >= 15 is 0 Å². The van der Waals surface area contributed by atoms with E-state index in [-0.39, 0.29) is 11.6 Å². The Hall–Kier alpha value is 0.0869. The van der Waals surface area contributed by atoms with Crippen molar-refractivity contribution in [1.29, 1.82) is 0 Å². The predicted octanol–water partition coefficient (Wildman–Crippen LogP) is 2.76. The van der Waals surface area contributed by atoms with Crippen LogP contribution in [-0.4, -0.2) is 35.7 Å². The summed E-state index contributed by atoms with van der Waals surface area (Å²) in [5, 5.41) is 0.226. The van der Waals surface area contributed by atoms with Gasteiger partial charge in [-0.05, 0) is 36.9 Å². The van der Waals surface area contributed by atoms with E-state index in [1.54, 1.807) is 0 Å². The summed E-state index contributed by atoms with van der Waals surface area (Å²) < 4.78 is 32.7. The molecule has 4 nitrogen and oxygen atoms in total. The van der Waals surface area contributed by atoms with Gasteiger partial charge in [0.15, 0.2) is 8.32 Å². The first-order valence-corrected chi connectivity index (χ1v) is 11.2. The van der Waals surface area contributed by atoms with Gasteiger partial charge in [0.1, 0.15) is 0 Å². The van der Waals surface area contributed by atoms with Crippen molar-refractivity contribution in [3.05, 3.63) is 0 Å². The van der Waals surface area contributed by atoms with Crippen molar-refractivity contribution < 1.29 is 17.0 Å². The van der Waals surface area contributed by atoms with Gasteiger partial charge in [-0.3, -0.25) is 4.18 Å². The first-order valence-electron chi connectivity index (χ1n) is 6.44. The highest BCUT2D eigenvalue weighted by Gasteiger charge is 2.46. The van der Waals surface area contributed by atoms with Crippen LogP contribution in [0.4, 0.5) is 0 Å². The van der Waals surface area contributed by atoms with E-state index in [2.05, 4.69) is 33.9 Å². The highest BCUT2D eigenvalue weighted by molar-refractivity contribution is 7.85. The molecule has 0 N–H and O–H groups in total. The van der Waals surface area contributed by atoms with E-state index in [1.165, 1.54) is 0 Å². The fraction of sp³-hybridized carbons (Fsp3) is 1.00. The van der Waals surface area contributed by atoms with E-state index in [0.717, 1.165) is 19.1 Å². The molecule has 2 atom stereocenters. The molecule has 108 valence electrons. The third-order valence-corrected chi connectivity index (χ3v) is 9.00. The van der Waals surface area contributed by atoms with Crippen molar-refractivity contribution in [3.63, 3.8) is 0 Å². The zero-order valence-electron chi connectivity index (χ0n) is 12.3. The third-order valence-electron chi connectivity index (χ3n) is 3.90. The van der Waals surface area contributed by atoms with Crippen molar-refractivity contribution in [2.24, 2.45) is 5.92 Å². The lowest BCUT2D eigenvalue weighted by Crippen LogP contribution is -2.41. The second-order valence-corrected chi connectivity index (χ2v) is 13.1. The van der Waals surface area contributed by atoms with E-state index < -0.39 is 18.4 Å². The molecular formula is C12H26O4SSi. The minimum absolute atomic E-state index is 0.226. The largest absolute Gasteiger partial charge is 0.414 e. The minimum Gasteiger partial charge on any atom is -0.414 e. The second kappa shape index (κ2) is 5.23. The van der Waals surface area contributed by atoms with Gasteiger partial charge in [-0.1, -0.05) is 20.8 Å². The van der Waals surface area contributed by atoms with Crippen molar-refractivity contribution >= 4 is 18.4 Å². The van der Waals surface area contributed by atoms with Crippen LogP contribution in [0.15, 0.2) is 0 Å². The van der Waals surface area contributed by atoms with E-state index in [9.17, 15) is 8.42 Å². The van der Waals surface area contributed by atoms with Crippen LogP contribution < -0.4 is 0 Å². The Kier molecular flexibility index (Phi) is 4.69. The summed E-state index contributed by atoms with van der Waals surface area (Å²) in [6.07, 6.45) is 3.21. The summed E-state index contributed by atoms with van der Waals surface area (Å²) in [6.45, 7) is 11.4. The number of hydrogen-bond acceptors (Lipinski definition) is 4. The molecule has 1 aliphatic rings. The van der Waals surface area contributed by atoms with Crippen LogP contribution in [0.25, 0.3) is 0 Å². The van der Waals surface area contributed by atoms with Gasteiger partial charge in [-0.15, -0.1) is 0 Å². The summed E-state index contributed by atoms with van der Waals surface area (Å²) in [6, 6.07) is 0. The molecule has 0 amide bonds. The fourth-order valence-electron chi connectivity index (χ4n) is 1.57. The fourth-order valence-corrected chi connectivity index (χ4v) is 3.37. The van der Waals surface area contributed by atoms with Crippen LogP contribution in [0.2, 0.25) is 18.1 Å². The molecule has 18 heavy (non-hydrogen) atoms. The van der Waals surface area contributed by atoms with Crippen LogP contribution in [0.5, 0.6) is 0 Å². The summed E-state index contributed by atoms with van der Waals surface area (Å²) in [5.74, 6) is 0.473. The molecule has 0 radical (unpaired) electrons. The Morgan fingerprint density at radius 1 is 1.28 bits per heavy atom. The predicted molar refractivity (Wildman–Crippen MR) is 75.6 cm³/mol. The Bertz CT molecular complexity index is 383. The SMILES string of the molecule is CC(C)(C)[Si](C)(C)OC1CC1CCOS(C)(=O)=O. The highest BCUT2D eigenvalue weighted by Crippen LogP contribution is 2.44. The molecule has 1 rings (SSSR count). The van der Waals surface area contributed by atoms with Crippen LogP contribution >= 0.6 is 0 Å². The second-order valence-electron chi connectivity index (χ2n) is 6.73. The van der Waals surface area contributed by atoms with Gasteiger partial charge in [0.2, 0.25) is 0 Å². The van der Waals surface area contributed by atoms with E-state index in [1.807, 2.05) is 0 Å². The molecule has 0 heterocycles. The van der Waals surface area contributed by atoms with Crippen LogP contribution in [0.1, 0.15) is 33.6 Å². The number of hydrogen-bond donors (Lipinski definition) is 0. The van der Waals surface area contributed by atoms with E-state index in [0.29, 0.717) is 12.0 Å². The Morgan fingerprint density at radius 3 is 2.28 bits per heavy atom. The van der Waals surface area contributed by atoms with Gasteiger partial charge in [0, 0.05) is 6.10 Å². The zero-order valence-corrected chi connectivity index (χ0v) is 14.1. The highest BCUT2D eigenvalue weighted by atomic mass is 32.2. The molecule has 0 bridgehead atoms. The minimum atomic E-state index is -3.30. The van der Waals surface area contributed by atoms with Gasteiger partial charge < -0.3 is 4.43 Å². The maximum Gasteiger partial charge on any atom is 0.264 e. The maximum absolute atomic E-state index is 10.8. The summed E-state index contributed by atoms with van der Waals surface area (Å²) in [5.41, 5.74) is 0. The average molecular weight is 294 g/mol. The molecule has 0 aromatic carbocycles. The van der Waals surface area contributed by atoms with Gasteiger partial charge in [0.25, 0.3) is 10.1 Å². The van der Waals surface area contributed by atoms with Gasteiger partial charge in [-0.2, -0.15) is 8.42 Å². The topological polar surface area (TPSA) is 52.6 Å². The quantitative estimate of drug-likeness (QED) is 0.558. The lowest BCUT2D eigenvalue weighted by molar-refractivity contribution is 0.240. The first kappa shape index (κ1) is 16.1. The Morgan fingerprint density at radius 2 is 1.83 bits per heavy atom. The molecule has 1 aliphatic carbocycles. The smallest absolute Gasteiger partial charge is 0.264 e. The number of rotatable bonds is 6.